The Morgan fingerprint density at radius 2 is 2.16 bits per heavy atom. The van der Waals surface area contributed by atoms with E-state index in [1.807, 2.05) is 35.2 Å². The standard InChI is InChI=1S/C19H16ClN3O2/c20-15-5-3-4-13(10-15)18-16(11-22-25-18)19(24)23-9-7-14(12-23)17-6-1-2-8-21-17/h1-6,8,10-11,14H,7,9,12H2. The number of likely N-dealkylation sites (tertiary alicyclic amines) is 1. The largest absolute Gasteiger partial charge is 0.355 e. The number of amides is 1. The van der Waals surface area contributed by atoms with Crippen molar-refractivity contribution in [1.29, 1.82) is 0 Å². The van der Waals surface area contributed by atoms with Gasteiger partial charge in [-0.3, -0.25) is 9.78 Å². The SMILES string of the molecule is O=C(c1cnoc1-c1cccc(Cl)c1)N1CCC(c2ccccn2)C1. The second-order valence-corrected chi connectivity index (χ2v) is 6.51. The Morgan fingerprint density at radius 1 is 1.24 bits per heavy atom. The summed E-state index contributed by atoms with van der Waals surface area (Å²) in [6.07, 6.45) is 4.17. The van der Waals surface area contributed by atoms with Crippen molar-refractivity contribution in [3.05, 3.63) is 71.1 Å². The molecule has 0 spiro atoms. The molecule has 6 heteroatoms. The van der Waals surface area contributed by atoms with Crippen LogP contribution in [-0.4, -0.2) is 34.0 Å². The van der Waals surface area contributed by atoms with Gasteiger partial charge in [0.1, 0.15) is 5.56 Å². The summed E-state index contributed by atoms with van der Waals surface area (Å²) in [5.41, 5.74) is 2.23. The third kappa shape index (κ3) is 3.15. The normalized spacial score (nSPS) is 17.0. The van der Waals surface area contributed by atoms with E-state index in [0.717, 1.165) is 17.7 Å². The van der Waals surface area contributed by atoms with Gasteiger partial charge in [-0.25, -0.2) is 0 Å². The van der Waals surface area contributed by atoms with Gasteiger partial charge in [-0.15, -0.1) is 0 Å². The van der Waals surface area contributed by atoms with Gasteiger partial charge in [-0.2, -0.15) is 0 Å². The summed E-state index contributed by atoms with van der Waals surface area (Å²) in [7, 11) is 0. The predicted octanol–water partition coefficient (Wildman–Crippen LogP) is 4.02. The van der Waals surface area contributed by atoms with E-state index < -0.39 is 0 Å². The summed E-state index contributed by atoms with van der Waals surface area (Å²) in [5, 5.41) is 4.41. The van der Waals surface area contributed by atoms with Crippen LogP contribution in [0.25, 0.3) is 11.3 Å². The van der Waals surface area contributed by atoms with E-state index in [1.165, 1.54) is 6.20 Å². The van der Waals surface area contributed by atoms with E-state index in [4.69, 9.17) is 16.1 Å². The highest BCUT2D eigenvalue weighted by Crippen LogP contribution is 2.30. The average molecular weight is 354 g/mol. The zero-order valence-electron chi connectivity index (χ0n) is 13.4. The number of halogens is 1. The van der Waals surface area contributed by atoms with Crippen LogP contribution in [0, 0.1) is 0 Å². The number of carbonyl (C=O) groups excluding carboxylic acids is 1. The van der Waals surface area contributed by atoms with E-state index in [1.54, 1.807) is 18.3 Å². The van der Waals surface area contributed by atoms with Gasteiger partial charge >= 0.3 is 0 Å². The first-order valence-electron chi connectivity index (χ1n) is 8.13. The van der Waals surface area contributed by atoms with Gasteiger partial charge in [-0.1, -0.05) is 35.0 Å². The molecule has 0 radical (unpaired) electrons. The van der Waals surface area contributed by atoms with Crippen LogP contribution in [0.4, 0.5) is 0 Å². The lowest BCUT2D eigenvalue weighted by Crippen LogP contribution is -2.28. The fourth-order valence-electron chi connectivity index (χ4n) is 3.20. The van der Waals surface area contributed by atoms with E-state index >= 15 is 0 Å². The molecule has 0 N–H and O–H groups in total. The maximum absolute atomic E-state index is 12.9. The Bertz CT molecular complexity index is 894. The lowest BCUT2D eigenvalue weighted by Gasteiger charge is -2.16. The summed E-state index contributed by atoms with van der Waals surface area (Å²) in [5.74, 6) is 0.642. The lowest BCUT2D eigenvalue weighted by molar-refractivity contribution is 0.0791. The zero-order chi connectivity index (χ0) is 17.2. The fraction of sp³-hybridized carbons (Fsp3) is 0.211. The third-order valence-corrected chi connectivity index (χ3v) is 4.70. The Labute approximate surface area is 150 Å². The van der Waals surface area contributed by atoms with Gasteiger partial charge in [0.2, 0.25) is 0 Å². The highest BCUT2D eigenvalue weighted by Gasteiger charge is 2.31. The average Bonchev–Trinajstić information content (AvgIpc) is 3.32. The molecule has 126 valence electrons. The molecule has 1 atom stereocenters. The second-order valence-electron chi connectivity index (χ2n) is 6.07. The minimum Gasteiger partial charge on any atom is -0.355 e. The van der Waals surface area contributed by atoms with Crippen LogP contribution in [0.3, 0.4) is 0 Å². The van der Waals surface area contributed by atoms with Crippen molar-refractivity contribution in [3.8, 4) is 11.3 Å². The Hall–Kier alpha value is -2.66. The molecule has 4 rings (SSSR count). The first kappa shape index (κ1) is 15.8. The molecule has 1 amide bonds. The minimum absolute atomic E-state index is 0.0744. The topological polar surface area (TPSA) is 59.2 Å². The highest BCUT2D eigenvalue weighted by molar-refractivity contribution is 6.30. The van der Waals surface area contributed by atoms with Crippen LogP contribution in [0.15, 0.2) is 59.4 Å². The Balaban J connectivity index is 1.56. The number of hydrogen-bond acceptors (Lipinski definition) is 4. The third-order valence-electron chi connectivity index (χ3n) is 4.47. The van der Waals surface area contributed by atoms with E-state index in [0.29, 0.717) is 29.4 Å². The van der Waals surface area contributed by atoms with E-state index in [9.17, 15) is 4.79 Å². The van der Waals surface area contributed by atoms with Gasteiger partial charge in [0.05, 0.1) is 6.20 Å². The second kappa shape index (κ2) is 6.69. The summed E-state index contributed by atoms with van der Waals surface area (Å²) in [4.78, 5) is 19.2. The van der Waals surface area contributed by atoms with Crippen LogP contribution in [0.2, 0.25) is 5.02 Å². The molecular weight excluding hydrogens is 338 g/mol. The van der Waals surface area contributed by atoms with Gasteiger partial charge in [0.25, 0.3) is 5.91 Å². The smallest absolute Gasteiger partial charge is 0.259 e. The van der Waals surface area contributed by atoms with Crippen molar-refractivity contribution < 1.29 is 9.32 Å². The molecular formula is C19H16ClN3O2. The molecule has 1 aliphatic heterocycles. The van der Waals surface area contributed by atoms with E-state index in [2.05, 4.69) is 10.1 Å². The molecule has 0 bridgehead atoms. The lowest BCUT2D eigenvalue weighted by atomic mass is 10.0. The zero-order valence-corrected chi connectivity index (χ0v) is 14.2. The number of nitrogens with zero attached hydrogens (tertiary/aromatic N) is 3. The quantitative estimate of drug-likeness (QED) is 0.713. The molecule has 5 nitrogen and oxygen atoms in total. The van der Waals surface area contributed by atoms with Gasteiger partial charge in [0.15, 0.2) is 5.76 Å². The molecule has 1 fully saturated rings. The van der Waals surface area contributed by atoms with Crippen LogP contribution < -0.4 is 0 Å². The summed E-state index contributed by atoms with van der Waals surface area (Å²) >= 11 is 6.04. The van der Waals surface area contributed by atoms with Crippen molar-refractivity contribution in [1.82, 2.24) is 15.0 Å². The molecule has 3 aromatic rings. The van der Waals surface area contributed by atoms with Gasteiger partial charge < -0.3 is 9.42 Å². The molecule has 0 aliphatic carbocycles. The van der Waals surface area contributed by atoms with Crippen molar-refractivity contribution >= 4 is 17.5 Å². The molecule has 25 heavy (non-hydrogen) atoms. The molecule has 2 aromatic heterocycles. The Morgan fingerprint density at radius 3 is 2.96 bits per heavy atom. The van der Waals surface area contributed by atoms with Crippen LogP contribution >= 0.6 is 11.6 Å². The summed E-state index contributed by atoms with van der Waals surface area (Å²) in [6.45, 7) is 1.34. The van der Waals surface area contributed by atoms with Crippen LogP contribution in [0.5, 0.6) is 0 Å². The van der Waals surface area contributed by atoms with Gasteiger partial charge in [-0.05, 0) is 30.7 Å². The highest BCUT2D eigenvalue weighted by atomic mass is 35.5. The first-order chi connectivity index (χ1) is 12.2. The maximum Gasteiger partial charge on any atom is 0.259 e. The van der Waals surface area contributed by atoms with Crippen molar-refractivity contribution in [2.75, 3.05) is 13.1 Å². The van der Waals surface area contributed by atoms with Crippen LogP contribution in [-0.2, 0) is 0 Å². The van der Waals surface area contributed by atoms with Crippen molar-refractivity contribution in [2.24, 2.45) is 0 Å². The Kier molecular flexibility index (Phi) is 4.24. The van der Waals surface area contributed by atoms with Crippen molar-refractivity contribution in [2.45, 2.75) is 12.3 Å². The van der Waals surface area contributed by atoms with E-state index in [-0.39, 0.29) is 11.8 Å². The first-order valence-corrected chi connectivity index (χ1v) is 8.51. The molecule has 0 saturated carbocycles. The summed E-state index contributed by atoms with van der Waals surface area (Å²) in [6, 6.07) is 13.1. The van der Waals surface area contributed by atoms with Gasteiger partial charge in [0, 0.05) is 41.5 Å². The minimum atomic E-state index is -0.0744. The number of hydrogen-bond donors (Lipinski definition) is 0. The fourth-order valence-corrected chi connectivity index (χ4v) is 3.39. The molecule has 3 heterocycles. The molecule has 1 aliphatic rings. The van der Waals surface area contributed by atoms with Crippen molar-refractivity contribution in [3.63, 3.8) is 0 Å². The number of carbonyl (C=O) groups is 1. The number of benzene rings is 1. The molecule has 1 saturated heterocycles. The van der Waals surface area contributed by atoms with Crippen LogP contribution in [0.1, 0.15) is 28.4 Å². The number of pyridine rings is 1. The maximum atomic E-state index is 12.9. The number of aromatic nitrogens is 2. The summed E-state index contributed by atoms with van der Waals surface area (Å²) < 4.78 is 5.33. The predicted molar refractivity (Wildman–Crippen MR) is 94.4 cm³/mol. The molecule has 1 aromatic carbocycles. The number of rotatable bonds is 3. The molecule has 1 unspecified atom stereocenters. The monoisotopic (exact) mass is 353 g/mol.